The van der Waals surface area contributed by atoms with Gasteiger partial charge in [0.2, 0.25) is 10.0 Å². The second-order valence-electron chi connectivity index (χ2n) is 5.87. The Morgan fingerprint density at radius 3 is 2.67 bits per heavy atom. The SMILES string of the molecule is CCc1nncn1CCNC(=NC)NCCNS(=O)(=O)c1cccc([N+](=O)[O-])c1.I. The van der Waals surface area contributed by atoms with Crippen LogP contribution in [-0.4, -0.2) is 60.7 Å². The van der Waals surface area contributed by atoms with E-state index in [0.717, 1.165) is 18.3 Å². The number of nitro benzene ring substituents is 1. The molecule has 0 aliphatic heterocycles. The zero-order valence-corrected chi connectivity index (χ0v) is 19.8. The average molecular weight is 552 g/mol. The molecule has 14 heteroatoms. The van der Waals surface area contributed by atoms with Crippen molar-refractivity contribution < 1.29 is 13.3 Å². The van der Waals surface area contributed by atoms with Crippen LogP contribution in [0.25, 0.3) is 0 Å². The van der Waals surface area contributed by atoms with E-state index in [4.69, 9.17) is 0 Å². The molecular weight excluding hydrogens is 527 g/mol. The van der Waals surface area contributed by atoms with Crippen molar-refractivity contribution in [2.45, 2.75) is 24.8 Å². The van der Waals surface area contributed by atoms with Crippen molar-refractivity contribution in [3.8, 4) is 0 Å². The quantitative estimate of drug-likeness (QED) is 0.0962. The number of nitrogens with one attached hydrogen (secondary N) is 3. The minimum absolute atomic E-state index is 0. The summed E-state index contributed by atoms with van der Waals surface area (Å²) in [4.78, 5) is 14.1. The molecule has 2 rings (SSSR count). The third-order valence-corrected chi connectivity index (χ3v) is 5.39. The Labute approximate surface area is 191 Å². The second-order valence-corrected chi connectivity index (χ2v) is 7.64. The summed E-state index contributed by atoms with van der Waals surface area (Å²) in [5, 5.41) is 24.8. The van der Waals surface area contributed by atoms with Crippen molar-refractivity contribution in [3.05, 3.63) is 46.5 Å². The number of hydrogen-bond donors (Lipinski definition) is 3. The molecule has 166 valence electrons. The van der Waals surface area contributed by atoms with Gasteiger partial charge in [0, 0.05) is 51.8 Å². The van der Waals surface area contributed by atoms with Gasteiger partial charge in [-0.15, -0.1) is 34.2 Å². The molecule has 0 radical (unpaired) electrons. The molecule has 1 aromatic carbocycles. The highest BCUT2D eigenvalue weighted by molar-refractivity contribution is 14.0. The lowest BCUT2D eigenvalue weighted by molar-refractivity contribution is -0.385. The molecule has 12 nitrogen and oxygen atoms in total. The molecule has 2 aromatic rings. The van der Waals surface area contributed by atoms with Crippen LogP contribution in [0.15, 0.2) is 40.5 Å². The number of nitro groups is 1. The number of nitrogens with zero attached hydrogens (tertiary/aromatic N) is 5. The van der Waals surface area contributed by atoms with E-state index in [1.165, 1.54) is 18.2 Å². The Kier molecular flexibility index (Phi) is 10.6. The Hall–Kier alpha value is -2.33. The maximum absolute atomic E-state index is 12.3. The van der Waals surface area contributed by atoms with E-state index in [0.29, 0.717) is 19.0 Å². The fraction of sp³-hybridized carbons (Fsp3) is 0.438. The number of halogens is 1. The molecule has 0 fully saturated rings. The first-order valence-corrected chi connectivity index (χ1v) is 10.4. The Balaban J connectivity index is 0.00000450. The van der Waals surface area contributed by atoms with E-state index in [1.807, 2.05) is 11.5 Å². The fourth-order valence-corrected chi connectivity index (χ4v) is 3.54. The van der Waals surface area contributed by atoms with Crippen molar-refractivity contribution in [3.63, 3.8) is 0 Å². The molecule has 0 amide bonds. The highest BCUT2D eigenvalue weighted by Crippen LogP contribution is 2.16. The van der Waals surface area contributed by atoms with Gasteiger partial charge >= 0.3 is 0 Å². The van der Waals surface area contributed by atoms with Crippen molar-refractivity contribution in [1.29, 1.82) is 0 Å². The van der Waals surface area contributed by atoms with E-state index in [2.05, 4.69) is 30.5 Å². The topological polar surface area (TPSA) is 156 Å². The van der Waals surface area contributed by atoms with Gasteiger partial charge in [-0.25, -0.2) is 13.1 Å². The largest absolute Gasteiger partial charge is 0.355 e. The summed E-state index contributed by atoms with van der Waals surface area (Å²) in [5.41, 5.74) is -0.282. The third-order valence-electron chi connectivity index (χ3n) is 3.93. The lowest BCUT2D eigenvalue weighted by Gasteiger charge is -2.13. The van der Waals surface area contributed by atoms with E-state index < -0.39 is 14.9 Å². The summed E-state index contributed by atoms with van der Waals surface area (Å²) >= 11 is 0. The number of sulfonamides is 1. The van der Waals surface area contributed by atoms with Crippen molar-refractivity contribution in [2.24, 2.45) is 4.99 Å². The van der Waals surface area contributed by atoms with Crippen molar-refractivity contribution >= 4 is 45.6 Å². The van der Waals surface area contributed by atoms with E-state index in [9.17, 15) is 18.5 Å². The molecule has 0 spiro atoms. The molecule has 1 aromatic heterocycles. The molecular formula is C16H25IN8O4S. The van der Waals surface area contributed by atoms with Gasteiger partial charge in [0.15, 0.2) is 5.96 Å². The number of aromatic nitrogens is 3. The van der Waals surface area contributed by atoms with Crippen molar-refractivity contribution in [2.75, 3.05) is 26.7 Å². The van der Waals surface area contributed by atoms with Gasteiger partial charge in [0.1, 0.15) is 12.2 Å². The summed E-state index contributed by atoms with van der Waals surface area (Å²) in [6.07, 6.45) is 2.46. The zero-order valence-electron chi connectivity index (χ0n) is 16.6. The number of guanidine groups is 1. The average Bonchev–Trinajstić information content (AvgIpc) is 3.17. The van der Waals surface area contributed by atoms with Gasteiger partial charge in [-0.3, -0.25) is 15.1 Å². The number of aliphatic imine (C=N–C) groups is 1. The standard InChI is InChI=1S/C16H24N8O4S.HI/c1-3-15-22-20-12-23(15)10-9-19-16(17-2)18-7-8-21-29(27,28)14-6-4-5-13(11-14)24(25)26;/h4-6,11-12,21H,3,7-10H2,1-2H3,(H2,17,18,19);1H. The zero-order chi connectivity index (χ0) is 21.3. The van der Waals surface area contributed by atoms with Gasteiger partial charge < -0.3 is 15.2 Å². The van der Waals surface area contributed by atoms with Crippen LogP contribution in [0.2, 0.25) is 0 Å². The molecule has 0 saturated heterocycles. The lowest BCUT2D eigenvalue weighted by atomic mass is 10.3. The van der Waals surface area contributed by atoms with E-state index in [1.54, 1.807) is 13.4 Å². The number of aryl methyl sites for hydroxylation is 1. The van der Waals surface area contributed by atoms with Gasteiger partial charge in [0.05, 0.1) is 9.82 Å². The highest BCUT2D eigenvalue weighted by Gasteiger charge is 2.17. The number of hydrogen-bond acceptors (Lipinski definition) is 7. The summed E-state index contributed by atoms with van der Waals surface area (Å²) in [7, 11) is -2.24. The van der Waals surface area contributed by atoms with Crippen LogP contribution in [0.5, 0.6) is 0 Å². The van der Waals surface area contributed by atoms with Crippen LogP contribution < -0.4 is 15.4 Å². The first kappa shape index (κ1) is 25.7. The predicted molar refractivity (Wildman–Crippen MR) is 122 cm³/mol. The maximum atomic E-state index is 12.3. The Morgan fingerprint density at radius 2 is 2.00 bits per heavy atom. The number of benzene rings is 1. The molecule has 30 heavy (non-hydrogen) atoms. The van der Waals surface area contributed by atoms with E-state index >= 15 is 0 Å². The summed E-state index contributed by atoms with van der Waals surface area (Å²) in [5.74, 6) is 1.41. The molecule has 0 bridgehead atoms. The fourth-order valence-electron chi connectivity index (χ4n) is 2.47. The monoisotopic (exact) mass is 552 g/mol. The van der Waals surface area contributed by atoms with Crippen LogP contribution in [0.1, 0.15) is 12.7 Å². The summed E-state index contributed by atoms with van der Waals surface area (Å²) in [6, 6.07) is 4.89. The summed E-state index contributed by atoms with van der Waals surface area (Å²) < 4.78 is 28.9. The second kappa shape index (κ2) is 12.4. The highest BCUT2D eigenvalue weighted by atomic mass is 127. The Bertz CT molecular complexity index is 964. The normalized spacial score (nSPS) is 11.6. The minimum atomic E-state index is -3.85. The smallest absolute Gasteiger partial charge is 0.270 e. The molecule has 3 N–H and O–H groups in total. The van der Waals surface area contributed by atoms with E-state index in [-0.39, 0.29) is 47.6 Å². The van der Waals surface area contributed by atoms with Gasteiger partial charge in [-0.1, -0.05) is 13.0 Å². The Morgan fingerprint density at radius 1 is 1.27 bits per heavy atom. The van der Waals surface area contributed by atoms with Crippen LogP contribution in [0, 0.1) is 10.1 Å². The molecule has 1 heterocycles. The van der Waals surface area contributed by atoms with Crippen molar-refractivity contribution in [1.82, 2.24) is 30.1 Å². The van der Waals surface area contributed by atoms with Gasteiger partial charge in [0.25, 0.3) is 5.69 Å². The molecule has 0 aliphatic carbocycles. The third kappa shape index (κ3) is 7.49. The summed E-state index contributed by atoms with van der Waals surface area (Å²) in [6.45, 7) is 3.61. The number of rotatable bonds is 10. The van der Waals surface area contributed by atoms with Crippen LogP contribution >= 0.6 is 24.0 Å². The molecule has 0 saturated carbocycles. The predicted octanol–water partition coefficient (Wildman–Crippen LogP) is 0.510. The minimum Gasteiger partial charge on any atom is -0.355 e. The lowest BCUT2D eigenvalue weighted by Crippen LogP contribution is -2.42. The molecule has 0 atom stereocenters. The number of non-ortho nitro benzene ring substituents is 1. The van der Waals surface area contributed by atoms with Gasteiger partial charge in [-0.05, 0) is 6.07 Å². The van der Waals surface area contributed by atoms with Crippen LogP contribution in [0.3, 0.4) is 0 Å². The molecule has 0 unspecified atom stereocenters. The first-order chi connectivity index (χ1) is 13.9. The molecule has 0 aliphatic rings. The van der Waals surface area contributed by atoms with Crippen LogP contribution in [-0.2, 0) is 23.0 Å². The maximum Gasteiger partial charge on any atom is 0.270 e. The van der Waals surface area contributed by atoms with Gasteiger partial charge in [-0.2, -0.15) is 0 Å². The van der Waals surface area contributed by atoms with Crippen LogP contribution in [0.4, 0.5) is 5.69 Å². The first-order valence-electron chi connectivity index (χ1n) is 8.92.